The van der Waals surface area contributed by atoms with Crippen LogP contribution in [0.25, 0.3) is 0 Å². The van der Waals surface area contributed by atoms with E-state index in [1.54, 1.807) is 13.3 Å². The van der Waals surface area contributed by atoms with E-state index in [0.717, 1.165) is 24.7 Å². The molecule has 6 heteroatoms. The second-order valence-electron chi connectivity index (χ2n) is 6.65. The zero-order valence-corrected chi connectivity index (χ0v) is 16.8. The molecule has 1 aromatic heterocycles. The van der Waals surface area contributed by atoms with Gasteiger partial charge in [0.1, 0.15) is 5.76 Å². The molecule has 0 radical (unpaired) electrons. The molecule has 0 amide bonds. The van der Waals surface area contributed by atoms with Gasteiger partial charge >= 0.3 is 0 Å². The molecular weight excluding hydrogens is 340 g/mol. The Kier molecular flexibility index (Phi) is 8.87. The van der Waals surface area contributed by atoms with Crippen LogP contribution in [0.15, 0.2) is 58.1 Å². The topological polar surface area (TPSA) is 62.0 Å². The summed E-state index contributed by atoms with van der Waals surface area (Å²) in [5, 5.41) is 6.69. The van der Waals surface area contributed by atoms with E-state index in [1.807, 2.05) is 44.4 Å². The summed E-state index contributed by atoms with van der Waals surface area (Å²) in [6, 6.07) is 14.3. The normalized spacial score (nSPS) is 14.2. The van der Waals surface area contributed by atoms with E-state index in [1.165, 1.54) is 5.56 Å². The van der Waals surface area contributed by atoms with Crippen molar-refractivity contribution < 1.29 is 9.15 Å². The van der Waals surface area contributed by atoms with Crippen LogP contribution < -0.4 is 10.6 Å². The van der Waals surface area contributed by atoms with Crippen LogP contribution in [0.2, 0.25) is 0 Å². The van der Waals surface area contributed by atoms with Crippen molar-refractivity contribution >= 4 is 5.96 Å². The molecule has 0 fully saturated rings. The number of furan rings is 1. The average molecular weight is 373 g/mol. The van der Waals surface area contributed by atoms with Crippen LogP contribution in [0.5, 0.6) is 0 Å². The molecule has 0 aliphatic heterocycles. The van der Waals surface area contributed by atoms with Gasteiger partial charge in [-0.2, -0.15) is 0 Å². The number of nitrogens with one attached hydrogen (secondary N) is 2. The van der Waals surface area contributed by atoms with Gasteiger partial charge in [-0.25, -0.2) is 0 Å². The quantitative estimate of drug-likeness (QED) is 0.381. The van der Waals surface area contributed by atoms with E-state index in [9.17, 15) is 0 Å². The van der Waals surface area contributed by atoms with Gasteiger partial charge in [0.2, 0.25) is 0 Å². The van der Waals surface area contributed by atoms with Crippen LogP contribution in [0.1, 0.15) is 36.8 Å². The third-order valence-electron chi connectivity index (χ3n) is 4.43. The maximum atomic E-state index is 5.90. The Morgan fingerprint density at radius 2 is 1.93 bits per heavy atom. The molecule has 0 saturated heterocycles. The third kappa shape index (κ3) is 7.07. The fourth-order valence-electron chi connectivity index (χ4n) is 2.79. The molecule has 27 heavy (non-hydrogen) atoms. The highest BCUT2D eigenvalue weighted by molar-refractivity contribution is 5.79. The highest BCUT2D eigenvalue weighted by Gasteiger charge is 2.17. The number of guanidine groups is 1. The summed E-state index contributed by atoms with van der Waals surface area (Å²) < 4.78 is 11.4. The lowest BCUT2D eigenvalue weighted by molar-refractivity contribution is 0.0646. The molecule has 2 atom stereocenters. The lowest BCUT2D eigenvalue weighted by Crippen LogP contribution is -2.42. The third-order valence-corrected chi connectivity index (χ3v) is 4.43. The second-order valence-corrected chi connectivity index (χ2v) is 6.65. The maximum absolute atomic E-state index is 5.90. The van der Waals surface area contributed by atoms with Gasteiger partial charge in [-0.1, -0.05) is 30.3 Å². The summed E-state index contributed by atoms with van der Waals surface area (Å²) >= 11 is 0. The van der Waals surface area contributed by atoms with E-state index >= 15 is 0 Å². The van der Waals surface area contributed by atoms with Crippen molar-refractivity contribution in [2.24, 2.45) is 4.99 Å². The summed E-state index contributed by atoms with van der Waals surface area (Å²) in [5.41, 5.74) is 1.20. The first-order valence-electron chi connectivity index (χ1n) is 9.42. The van der Waals surface area contributed by atoms with Crippen LogP contribution in [0, 0.1) is 0 Å². The Balaban J connectivity index is 1.66. The summed E-state index contributed by atoms with van der Waals surface area (Å²) in [6.45, 7) is 4.29. The smallest absolute Gasteiger partial charge is 0.191 e. The van der Waals surface area contributed by atoms with Crippen LogP contribution >= 0.6 is 0 Å². The maximum Gasteiger partial charge on any atom is 0.191 e. The molecule has 1 heterocycles. The molecule has 148 valence electrons. The minimum Gasteiger partial charge on any atom is -0.468 e. The van der Waals surface area contributed by atoms with Crippen molar-refractivity contribution in [3.05, 3.63) is 60.1 Å². The first-order chi connectivity index (χ1) is 13.1. The standard InChI is InChI=1S/C21H32N4O2/c1-17(18-10-6-5-7-11-18)26-15-9-13-23-21(22-2)24-16-19(25(3)4)20-12-8-14-27-20/h5-8,10-12,14,17,19H,9,13,15-16H2,1-4H3,(H2,22,23,24). The van der Waals surface area contributed by atoms with Gasteiger partial charge in [0.25, 0.3) is 0 Å². The van der Waals surface area contributed by atoms with Crippen molar-refractivity contribution in [2.45, 2.75) is 25.5 Å². The number of hydrogen-bond donors (Lipinski definition) is 2. The lowest BCUT2D eigenvalue weighted by atomic mass is 10.1. The van der Waals surface area contributed by atoms with Crippen molar-refractivity contribution in [1.29, 1.82) is 0 Å². The van der Waals surface area contributed by atoms with E-state index < -0.39 is 0 Å². The summed E-state index contributed by atoms with van der Waals surface area (Å²) in [5.74, 6) is 1.72. The zero-order valence-electron chi connectivity index (χ0n) is 16.8. The van der Waals surface area contributed by atoms with E-state index in [0.29, 0.717) is 13.2 Å². The van der Waals surface area contributed by atoms with Crippen LogP contribution in [0.4, 0.5) is 0 Å². The average Bonchev–Trinajstić information content (AvgIpc) is 3.21. The predicted molar refractivity (Wildman–Crippen MR) is 110 cm³/mol. The van der Waals surface area contributed by atoms with E-state index in [4.69, 9.17) is 9.15 Å². The largest absolute Gasteiger partial charge is 0.468 e. The van der Waals surface area contributed by atoms with Gasteiger partial charge in [0.15, 0.2) is 5.96 Å². The molecule has 2 N–H and O–H groups in total. The van der Waals surface area contributed by atoms with Gasteiger partial charge in [-0.05, 0) is 45.1 Å². The predicted octanol–water partition coefficient (Wildman–Crippen LogP) is 3.22. The summed E-state index contributed by atoms with van der Waals surface area (Å²) in [4.78, 5) is 6.41. The lowest BCUT2D eigenvalue weighted by Gasteiger charge is -2.23. The van der Waals surface area contributed by atoms with Crippen molar-refractivity contribution in [3.63, 3.8) is 0 Å². The van der Waals surface area contributed by atoms with Crippen molar-refractivity contribution in [3.8, 4) is 0 Å². The van der Waals surface area contributed by atoms with Crippen LogP contribution in [-0.2, 0) is 4.74 Å². The fourth-order valence-corrected chi connectivity index (χ4v) is 2.79. The van der Waals surface area contributed by atoms with Crippen molar-refractivity contribution in [1.82, 2.24) is 15.5 Å². The number of ether oxygens (including phenoxy) is 1. The van der Waals surface area contributed by atoms with E-state index in [2.05, 4.69) is 39.6 Å². The molecule has 0 spiro atoms. The monoisotopic (exact) mass is 372 g/mol. The molecule has 2 unspecified atom stereocenters. The minimum atomic E-state index is 0.109. The van der Waals surface area contributed by atoms with Gasteiger partial charge in [-0.3, -0.25) is 9.89 Å². The highest BCUT2D eigenvalue weighted by atomic mass is 16.5. The van der Waals surface area contributed by atoms with Gasteiger partial charge in [-0.15, -0.1) is 0 Å². The molecular formula is C21H32N4O2. The number of likely N-dealkylation sites (N-methyl/N-ethyl adjacent to an activating group) is 1. The van der Waals surface area contributed by atoms with Crippen LogP contribution in [-0.4, -0.2) is 51.7 Å². The molecule has 2 rings (SSSR count). The molecule has 2 aromatic rings. The summed E-state index contributed by atoms with van der Waals surface area (Å²) in [6.07, 6.45) is 2.72. The van der Waals surface area contributed by atoms with Gasteiger partial charge < -0.3 is 19.8 Å². The Hall–Kier alpha value is -2.31. The fraction of sp³-hybridized carbons (Fsp3) is 0.476. The molecule has 0 aliphatic carbocycles. The number of rotatable bonds is 10. The first kappa shape index (κ1) is 21.0. The minimum absolute atomic E-state index is 0.109. The van der Waals surface area contributed by atoms with Crippen molar-refractivity contribution in [2.75, 3.05) is 40.8 Å². The van der Waals surface area contributed by atoms with Gasteiger partial charge in [0.05, 0.1) is 18.4 Å². The number of hydrogen-bond acceptors (Lipinski definition) is 4. The van der Waals surface area contributed by atoms with E-state index in [-0.39, 0.29) is 12.1 Å². The molecule has 6 nitrogen and oxygen atoms in total. The molecule has 0 bridgehead atoms. The number of aliphatic imine (C=N–C) groups is 1. The SMILES string of the molecule is CN=C(NCCCOC(C)c1ccccc1)NCC(c1ccco1)N(C)C. The highest BCUT2D eigenvalue weighted by Crippen LogP contribution is 2.17. The Morgan fingerprint density at radius 3 is 2.56 bits per heavy atom. The Bertz CT molecular complexity index is 656. The Morgan fingerprint density at radius 1 is 1.15 bits per heavy atom. The summed E-state index contributed by atoms with van der Waals surface area (Å²) in [7, 11) is 5.85. The number of benzene rings is 1. The first-order valence-corrected chi connectivity index (χ1v) is 9.42. The number of nitrogens with zero attached hydrogens (tertiary/aromatic N) is 2. The molecule has 0 saturated carbocycles. The van der Waals surface area contributed by atoms with Gasteiger partial charge in [0, 0.05) is 26.7 Å². The molecule has 1 aromatic carbocycles. The van der Waals surface area contributed by atoms with Crippen LogP contribution in [0.3, 0.4) is 0 Å². The molecule has 0 aliphatic rings. The Labute approximate surface area is 162 Å². The second kappa shape index (κ2) is 11.4. The zero-order chi connectivity index (χ0) is 19.5.